The molecule has 16 rings (SSSR count). The van der Waals surface area contributed by atoms with Gasteiger partial charge in [0.05, 0.1) is 41.5 Å². The average Bonchev–Trinajstić information content (AvgIpc) is 1.15. The predicted molar refractivity (Wildman–Crippen MR) is 348 cm³/mol. The van der Waals surface area contributed by atoms with Crippen LogP contribution in [-0.4, -0.2) is 17.2 Å². The maximum Gasteiger partial charge on any atom is 0.179 e. The van der Waals surface area contributed by atoms with Crippen molar-refractivity contribution in [3.05, 3.63) is 315 Å². The Bertz CT molecular complexity index is 5480. The minimum atomic E-state index is -3.67. The van der Waals surface area contributed by atoms with Crippen molar-refractivity contribution in [1.82, 2.24) is 9.13 Å². The van der Waals surface area contributed by atoms with Gasteiger partial charge in [-0.05, 0) is 79.4 Å². The number of furan rings is 1. The quantitative estimate of drug-likeness (QED) is 0.0989. The van der Waals surface area contributed by atoms with Gasteiger partial charge in [0, 0.05) is 60.3 Å². The SMILES string of the molecule is [2H]c1c([2H])c([2H])c(-c2cc([Si](c3ccccc3)(c3ccccc3)c3ccccc3)cc(-c3c([2H])c([2H])c([2H])c([2H])c3[2H])c2-n2c3ccccc3c3cc(-n4c5ccccc5c5cccc(-c6ccccc6-c6cccc7c6oc6ccccc67)c54)ccc32)c([2H])c1[2H]. The lowest BCUT2D eigenvalue weighted by Crippen LogP contribution is -2.74. The highest BCUT2D eigenvalue weighted by Crippen LogP contribution is 2.46. The summed E-state index contributed by atoms with van der Waals surface area (Å²) in [5, 5.41) is 9.31. The maximum atomic E-state index is 9.90. The highest BCUT2D eigenvalue weighted by Gasteiger charge is 2.42. The molecule has 0 amide bonds. The molecule has 0 aliphatic rings. The van der Waals surface area contributed by atoms with Gasteiger partial charge in [0.2, 0.25) is 0 Å². The summed E-state index contributed by atoms with van der Waals surface area (Å²) in [5.74, 6) is 0. The molecule has 0 unspecified atom stereocenters. The number of para-hydroxylation sites is 5. The third-order valence-corrected chi connectivity index (χ3v) is 21.2. The number of fused-ring (bicyclic) bond motifs is 9. The monoisotopic (exact) mass is 1070 g/mol. The van der Waals surface area contributed by atoms with Crippen molar-refractivity contribution in [2.45, 2.75) is 0 Å². The Hall–Kier alpha value is -10.5. The van der Waals surface area contributed by atoms with Gasteiger partial charge in [0.1, 0.15) is 11.2 Å². The summed E-state index contributed by atoms with van der Waals surface area (Å²) < 4.78 is 106. The van der Waals surface area contributed by atoms with Crippen LogP contribution < -0.4 is 20.7 Å². The van der Waals surface area contributed by atoms with Gasteiger partial charge in [0.15, 0.2) is 8.07 Å². The summed E-state index contributed by atoms with van der Waals surface area (Å²) in [4.78, 5) is 0. The van der Waals surface area contributed by atoms with Crippen molar-refractivity contribution in [2.75, 3.05) is 0 Å². The van der Waals surface area contributed by atoms with Gasteiger partial charge >= 0.3 is 0 Å². The Morgan fingerprint density at radius 3 is 1.37 bits per heavy atom. The first-order valence-corrected chi connectivity index (χ1v) is 29.4. The van der Waals surface area contributed by atoms with Crippen molar-refractivity contribution in [1.29, 1.82) is 0 Å². The molecule has 3 aromatic heterocycles. The Morgan fingerprint density at radius 1 is 0.305 bits per heavy atom. The van der Waals surface area contributed by atoms with E-state index in [4.69, 9.17) is 7.16 Å². The molecule has 82 heavy (non-hydrogen) atoms. The van der Waals surface area contributed by atoms with Crippen molar-refractivity contribution < 1.29 is 18.1 Å². The highest BCUT2D eigenvalue weighted by molar-refractivity contribution is 7.20. The van der Waals surface area contributed by atoms with Crippen LogP contribution in [-0.2, 0) is 0 Å². The van der Waals surface area contributed by atoms with E-state index in [2.05, 4.69) is 138 Å². The zero-order valence-electron chi connectivity index (χ0n) is 54.1. The molecule has 0 aliphatic heterocycles. The first-order chi connectivity index (χ1) is 44.9. The van der Waals surface area contributed by atoms with E-state index in [9.17, 15) is 11.0 Å². The zero-order valence-corrected chi connectivity index (χ0v) is 45.1. The smallest absolute Gasteiger partial charge is 0.179 e. The van der Waals surface area contributed by atoms with Gasteiger partial charge in [-0.2, -0.15) is 0 Å². The molecule has 16 aromatic rings. The summed E-state index contributed by atoms with van der Waals surface area (Å²) in [6.07, 6.45) is 0. The molecular weight excluding hydrogens is 1010 g/mol. The average molecular weight is 1070 g/mol. The van der Waals surface area contributed by atoms with Gasteiger partial charge in [0.25, 0.3) is 0 Å². The molecule has 0 spiro atoms. The summed E-state index contributed by atoms with van der Waals surface area (Å²) in [6.45, 7) is 0. The topological polar surface area (TPSA) is 23.0 Å². The van der Waals surface area contributed by atoms with Crippen LogP contribution in [0.1, 0.15) is 13.7 Å². The van der Waals surface area contributed by atoms with E-state index in [-0.39, 0.29) is 27.9 Å². The molecule has 384 valence electrons. The van der Waals surface area contributed by atoms with E-state index in [1.165, 1.54) is 0 Å². The number of aromatic nitrogens is 2. The van der Waals surface area contributed by atoms with E-state index in [1.54, 1.807) is 0 Å². The third kappa shape index (κ3) is 7.35. The van der Waals surface area contributed by atoms with Crippen LogP contribution in [0.5, 0.6) is 0 Å². The van der Waals surface area contributed by atoms with Crippen molar-refractivity contribution >= 4 is 94.4 Å². The Kier molecular flexibility index (Phi) is 9.02. The minimum absolute atomic E-state index is 0.115. The van der Waals surface area contributed by atoms with Crippen LogP contribution in [0.3, 0.4) is 0 Å². The summed E-state index contributed by atoms with van der Waals surface area (Å²) in [6, 6.07) is 80.9. The van der Waals surface area contributed by atoms with Gasteiger partial charge in [-0.3, -0.25) is 0 Å². The van der Waals surface area contributed by atoms with Crippen LogP contribution >= 0.6 is 0 Å². The van der Waals surface area contributed by atoms with Crippen LogP contribution in [0, 0.1) is 0 Å². The molecule has 3 heterocycles. The van der Waals surface area contributed by atoms with Gasteiger partial charge in [-0.15, -0.1) is 0 Å². The number of rotatable bonds is 10. The number of nitrogens with zero attached hydrogens (tertiary/aromatic N) is 2. The lowest BCUT2D eigenvalue weighted by Gasteiger charge is -2.36. The fourth-order valence-electron chi connectivity index (χ4n) is 13.1. The first-order valence-electron chi connectivity index (χ1n) is 32.4. The second-order valence-electron chi connectivity index (χ2n) is 20.7. The van der Waals surface area contributed by atoms with E-state index in [1.807, 2.05) is 126 Å². The van der Waals surface area contributed by atoms with Crippen molar-refractivity contribution in [3.63, 3.8) is 0 Å². The lowest BCUT2D eigenvalue weighted by molar-refractivity contribution is 0.670. The van der Waals surface area contributed by atoms with E-state index >= 15 is 0 Å². The molecule has 13 aromatic carbocycles. The van der Waals surface area contributed by atoms with E-state index in [0.717, 1.165) is 98.0 Å². The molecule has 3 nitrogen and oxygen atoms in total. The minimum Gasteiger partial charge on any atom is -0.455 e. The van der Waals surface area contributed by atoms with E-state index < -0.39 is 68.5 Å². The van der Waals surface area contributed by atoms with Crippen LogP contribution in [0.15, 0.2) is 320 Å². The molecule has 0 aliphatic carbocycles. The largest absolute Gasteiger partial charge is 0.455 e. The molecular formula is C78H52N2OSi. The lowest BCUT2D eigenvalue weighted by atomic mass is 9.92. The number of hydrogen-bond acceptors (Lipinski definition) is 1. The number of hydrogen-bond donors (Lipinski definition) is 0. The summed E-state index contributed by atoms with van der Waals surface area (Å²) >= 11 is 0. The summed E-state index contributed by atoms with van der Waals surface area (Å²) in [7, 11) is -3.67. The molecule has 0 bridgehead atoms. The molecule has 0 saturated carbocycles. The van der Waals surface area contributed by atoms with E-state index in [0.29, 0.717) is 16.2 Å². The van der Waals surface area contributed by atoms with Crippen LogP contribution in [0.2, 0.25) is 0 Å². The normalized spacial score (nSPS) is 13.6. The fraction of sp³-hybridized carbons (Fsp3) is 0. The molecule has 4 heteroatoms. The molecule has 0 atom stereocenters. The van der Waals surface area contributed by atoms with Gasteiger partial charge in [-0.25, -0.2) is 0 Å². The second kappa shape index (κ2) is 19.4. The van der Waals surface area contributed by atoms with Crippen LogP contribution in [0.25, 0.3) is 121 Å². The maximum absolute atomic E-state index is 9.90. The van der Waals surface area contributed by atoms with Gasteiger partial charge in [-0.1, -0.05) is 279 Å². The van der Waals surface area contributed by atoms with Gasteiger partial charge < -0.3 is 13.6 Å². The Balaban J connectivity index is 1.04. The fourth-order valence-corrected chi connectivity index (χ4v) is 17.9. The summed E-state index contributed by atoms with van der Waals surface area (Å²) in [5.41, 5.74) is 10.1. The second-order valence-corrected chi connectivity index (χ2v) is 24.5. The Labute approximate surface area is 490 Å². The number of benzene rings is 13. The molecule has 0 saturated heterocycles. The molecule has 0 N–H and O–H groups in total. The highest BCUT2D eigenvalue weighted by atomic mass is 28.3. The first kappa shape index (κ1) is 38.1. The molecule has 0 fully saturated rings. The standard InChI is InChI=1S/C78H52N2OSi/c1-6-26-53(27-7-1)69-51-59(82(56-30-10-3-11-31-56,57-32-12-4-13-33-57)58-34-14-5-15-35-58)52-70(54-28-8-2-9-29-54)77(69)80-73-46-22-19-39-63(73)71-50-55(48-49-74(71)80)79-72-45-21-18-38-62(72)66-42-24-41-65(76(66)79)60-36-16-17-37-61(60)67-43-25-44-68-64-40-20-23-47-75(64)81-78(67)68/h1-52H/i1D,2D,6D,7D,8D,9D,26D,27D,28D,29D. The van der Waals surface area contributed by atoms with Crippen molar-refractivity contribution in [2.24, 2.45) is 0 Å². The third-order valence-electron chi connectivity index (χ3n) is 16.4. The van der Waals surface area contributed by atoms with Crippen LogP contribution in [0.4, 0.5) is 0 Å². The molecule has 0 radical (unpaired) electrons. The van der Waals surface area contributed by atoms with Crippen molar-refractivity contribution in [3.8, 4) is 55.9 Å². The predicted octanol–water partition coefficient (Wildman–Crippen LogP) is 17.8. The zero-order chi connectivity index (χ0) is 62.8. The Morgan fingerprint density at radius 2 is 0.756 bits per heavy atom.